The summed E-state index contributed by atoms with van der Waals surface area (Å²) in [6.45, 7) is 7.95. The number of para-hydroxylation sites is 1. The average Bonchev–Trinajstić information content (AvgIpc) is 2.99. The molecule has 0 saturated carbocycles. The van der Waals surface area contributed by atoms with E-state index in [1.807, 2.05) is 20.8 Å². The standard InChI is InChI=1S/C22H25N3O3S2/c1-5-25-21(28)19-13(2)15(4)30-20(19)24-22(25)29-12-8-11-18(27)23-17-10-7-6-9-16(17)14(3)26/h6-7,9-10H,5,8,11-12H2,1-4H3,(H,23,27). The van der Waals surface area contributed by atoms with Crippen molar-refractivity contribution in [3.63, 3.8) is 0 Å². The number of benzene rings is 1. The Hall–Kier alpha value is -2.45. The van der Waals surface area contributed by atoms with Gasteiger partial charge in [-0.15, -0.1) is 11.3 Å². The minimum atomic E-state index is -0.134. The Kier molecular flexibility index (Phi) is 7.10. The number of ketones is 1. The summed E-state index contributed by atoms with van der Waals surface area (Å²) < 4.78 is 1.70. The molecule has 0 aliphatic heterocycles. The van der Waals surface area contributed by atoms with Crippen LogP contribution in [0.5, 0.6) is 0 Å². The molecule has 0 radical (unpaired) electrons. The molecule has 0 bridgehead atoms. The fourth-order valence-corrected chi connectivity index (χ4v) is 5.28. The molecule has 0 atom stereocenters. The first-order valence-corrected chi connectivity index (χ1v) is 11.7. The van der Waals surface area contributed by atoms with Gasteiger partial charge in [0, 0.05) is 29.2 Å². The molecule has 6 nitrogen and oxygen atoms in total. The van der Waals surface area contributed by atoms with Gasteiger partial charge >= 0.3 is 0 Å². The number of Topliss-reactive ketones (excluding diaryl/α,β-unsaturated/α-hetero) is 1. The molecule has 0 unspecified atom stereocenters. The van der Waals surface area contributed by atoms with Crippen LogP contribution in [-0.4, -0.2) is 27.0 Å². The Morgan fingerprint density at radius 2 is 1.97 bits per heavy atom. The van der Waals surface area contributed by atoms with E-state index >= 15 is 0 Å². The second kappa shape index (κ2) is 9.57. The van der Waals surface area contributed by atoms with Crippen LogP contribution in [0.4, 0.5) is 5.69 Å². The second-order valence-corrected chi connectivity index (χ2v) is 9.27. The molecular formula is C22H25N3O3S2. The van der Waals surface area contributed by atoms with Crippen LogP contribution in [0.25, 0.3) is 10.2 Å². The number of fused-ring (bicyclic) bond motifs is 1. The number of thioether (sulfide) groups is 1. The highest BCUT2D eigenvalue weighted by atomic mass is 32.2. The first kappa shape index (κ1) is 22.2. The van der Waals surface area contributed by atoms with Crippen LogP contribution in [0.2, 0.25) is 0 Å². The Morgan fingerprint density at radius 3 is 2.67 bits per heavy atom. The molecule has 3 aromatic rings. The van der Waals surface area contributed by atoms with E-state index in [0.717, 1.165) is 15.3 Å². The zero-order chi connectivity index (χ0) is 21.8. The molecule has 0 saturated heterocycles. The monoisotopic (exact) mass is 443 g/mol. The first-order valence-electron chi connectivity index (χ1n) is 9.86. The topological polar surface area (TPSA) is 81.1 Å². The maximum Gasteiger partial charge on any atom is 0.263 e. The number of carbonyl (C=O) groups is 2. The summed E-state index contributed by atoms with van der Waals surface area (Å²) in [6.07, 6.45) is 0.966. The fraction of sp³-hybridized carbons (Fsp3) is 0.364. The van der Waals surface area contributed by atoms with Gasteiger partial charge in [0.2, 0.25) is 5.91 Å². The van der Waals surface area contributed by atoms with Crippen molar-refractivity contribution in [2.75, 3.05) is 11.1 Å². The van der Waals surface area contributed by atoms with Crippen LogP contribution in [-0.2, 0) is 11.3 Å². The van der Waals surface area contributed by atoms with Gasteiger partial charge in [0.05, 0.1) is 11.1 Å². The van der Waals surface area contributed by atoms with Crippen LogP contribution >= 0.6 is 23.1 Å². The summed E-state index contributed by atoms with van der Waals surface area (Å²) in [4.78, 5) is 43.4. The average molecular weight is 444 g/mol. The van der Waals surface area contributed by atoms with Crippen LogP contribution in [0, 0.1) is 13.8 Å². The molecule has 158 valence electrons. The highest BCUT2D eigenvalue weighted by Crippen LogP contribution is 2.28. The van der Waals surface area contributed by atoms with Crippen LogP contribution in [0.15, 0.2) is 34.2 Å². The summed E-state index contributed by atoms with van der Waals surface area (Å²) in [7, 11) is 0. The van der Waals surface area contributed by atoms with Gasteiger partial charge in [0.1, 0.15) is 4.83 Å². The fourth-order valence-electron chi connectivity index (χ4n) is 3.21. The molecule has 0 spiro atoms. The molecule has 0 aliphatic carbocycles. The first-order chi connectivity index (χ1) is 14.3. The molecule has 0 aliphatic rings. The van der Waals surface area contributed by atoms with E-state index in [1.165, 1.54) is 18.7 Å². The van der Waals surface area contributed by atoms with E-state index in [9.17, 15) is 14.4 Å². The number of rotatable bonds is 8. The summed E-state index contributed by atoms with van der Waals surface area (Å²) in [6, 6.07) is 7.00. The number of carbonyl (C=O) groups excluding carboxylic acids is 2. The van der Waals surface area contributed by atoms with Gasteiger partial charge in [-0.1, -0.05) is 23.9 Å². The molecule has 2 aromatic heterocycles. The minimum Gasteiger partial charge on any atom is -0.325 e. The normalized spacial score (nSPS) is 11.1. The van der Waals surface area contributed by atoms with Gasteiger partial charge < -0.3 is 5.32 Å². The van der Waals surface area contributed by atoms with Gasteiger partial charge in [-0.25, -0.2) is 4.98 Å². The molecule has 1 amide bonds. The molecule has 8 heteroatoms. The largest absolute Gasteiger partial charge is 0.325 e. The van der Waals surface area contributed by atoms with Gasteiger partial charge in [0.25, 0.3) is 5.56 Å². The maximum absolute atomic E-state index is 12.9. The van der Waals surface area contributed by atoms with Crippen molar-refractivity contribution in [3.05, 3.63) is 50.6 Å². The van der Waals surface area contributed by atoms with E-state index in [-0.39, 0.29) is 17.2 Å². The van der Waals surface area contributed by atoms with E-state index < -0.39 is 0 Å². The van der Waals surface area contributed by atoms with Crippen LogP contribution in [0.1, 0.15) is 47.5 Å². The van der Waals surface area contributed by atoms with Crippen LogP contribution < -0.4 is 10.9 Å². The zero-order valence-electron chi connectivity index (χ0n) is 17.6. The molecule has 1 aromatic carbocycles. The SMILES string of the molecule is CCn1c(SCCCC(=O)Nc2ccccc2C(C)=O)nc2sc(C)c(C)c2c1=O. The smallest absolute Gasteiger partial charge is 0.263 e. The zero-order valence-corrected chi connectivity index (χ0v) is 19.2. The predicted octanol–water partition coefficient (Wildman–Crippen LogP) is 4.81. The molecule has 0 fully saturated rings. The van der Waals surface area contributed by atoms with Gasteiger partial charge in [-0.2, -0.15) is 0 Å². The second-order valence-electron chi connectivity index (χ2n) is 7.01. The number of nitrogens with zero attached hydrogens (tertiary/aromatic N) is 2. The van der Waals surface area contributed by atoms with E-state index in [2.05, 4.69) is 5.32 Å². The molecular weight excluding hydrogens is 418 g/mol. The van der Waals surface area contributed by atoms with Crippen molar-refractivity contribution in [1.29, 1.82) is 0 Å². The number of hydrogen-bond donors (Lipinski definition) is 1. The van der Waals surface area contributed by atoms with Crippen molar-refractivity contribution in [2.24, 2.45) is 0 Å². The maximum atomic E-state index is 12.9. The van der Waals surface area contributed by atoms with E-state index in [0.29, 0.717) is 46.9 Å². The molecule has 30 heavy (non-hydrogen) atoms. The minimum absolute atomic E-state index is 0.00503. The highest BCUT2D eigenvalue weighted by Gasteiger charge is 2.16. The summed E-state index contributed by atoms with van der Waals surface area (Å²) in [5.74, 6) is 0.452. The Balaban J connectivity index is 1.63. The Morgan fingerprint density at radius 1 is 1.23 bits per heavy atom. The molecule has 1 N–H and O–H groups in total. The van der Waals surface area contributed by atoms with Gasteiger partial charge in [-0.05, 0) is 51.8 Å². The number of hydrogen-bond acceptors (Lipinski definition) is 6. The third kappa shape index (κ3) is 4.65. The quantitative estimate of drug-likeness (QED) is 0.234. The van der Waals surface area contributed by atoms with E-state index in [1.54, 1.807) is 40.2 Å². The van der Waals surface area contributed by atoms with Gasteiger partial charge in [0.15, 0.2) is 10.9 Å². The number of aromatic nitrogens is 2. The lowest BCUT2D eigenvalue weighted by molar-refractivity contribution is -0.116. The lowest BCUT2D eigenvalue weighted by Crippen LogP contribution is -2.22. The Bertz CT molecular complexity index is 1160. The van der Waals surface area contributed by atoms with Crippen molar-refractivity contribution in [1.82, 2.24) is 9.55 Å². The summed E-state index contributed by atoms with van der Waals surface area (Å²) in [5, 5.41) is 4.23. The number of amides is 1. The third-order valence-electron chi connectivity index (χ3n) is 4.93. The van der Waals surface area contributed by atoms with Crippen molar-refractivity contribution in [3.8, 4) is 0 Å². The van der Waals surface area contributed by atoms with Crippen molar-refractivity contribution in [2.45, 2.75) is 52.2 Å². The molecule has 2 heterocycles. The number of nitrogens with one attached hydrogen (secondary N) is 1. The Labute approximate surface area is 183 Å². The highest BCUT2D eigenvalue weighted by molar-refractivity contribution is 7.99. The number of aryl methyl sites for hydroxylation is 2. The lowest BCUT2D eigenvalue weighted by Gasteiger charge is -2.11. The summed E-state index contributed by atoms with van der Waals surface area (Å²) in [5.41, 5.74) is 2.06. The van der Waals surface area contributed by atoms with E-state index in [4.69, 9.17) is 4.98 Å². The number of anilines is 1. The third-order valence-corrected chi connectivity index (χ3v) is 7.09. The van der Waals surface area contributed by atoms with Crippen LogP contribution in [0.3, 0.4) is 0 Å². The van der Waals surface area contributed by atoms with Gasteiger partial charge in [-0.3, -0.25) is 19.0 Å². The predicted molar refractivity (Wildman–Crippen MR) is 124 cm³/mol. The molecule has 3 rings (SSSR count). The van der Waals surface area contributed by atoms with Crippen molar-refractivity contribution >= 4 is 50.7 Å². The number of thiophene rings is 1. The summed E-state index contributed by atoms with van der Waals surface area (Å²) >= 11 is 3.04. The van der Waals surface area contributed by atoms with Crippen molar-refractivity contribution < 1.29 is 9.59 Å². The lowest BCUT2D eigenvalue weighted by atomic mass is 10.1.